The van der Waals surface area contributed by atoms with Gasteiger partial charge in [-0.2, -0.15) is 0 Å². The molecular weight excluding hydrogens is 566 g/mol. The third-order valence-corrected chi connectivity index (χ3v) is 6.67. The Balaban J connectivity index is 0.000000531. The number of carboxylic acids is 2. The van der Waals surface area contributed by atoms with E-state index >= 15 is 0 Å². The summed E-state index contributed by atoms with van der Waals surface area (Å²) in [6.45, 7) is 6.24. The van der Waals surface area contributed by atoms with E-state index in [1.54, 1.807) is 24.3 Å². The maximum Gasteiger partial charge on any atom is 0.328 e. The smallest absolute Gasteiger partial charge is 0.328 e. The van der Waals surface area contributed by atoms with Gasteiger partial charge in [-0.3, -0.25) is 9.80 Å². The van der Waals surface area contributed by atoms with Crippen molar-refractivity contribution >= 4 is 29.6 Å². The first-order chi connectivity index (χ1) is 20.2. The van der Waals surface area contributed by atoms with Gasteiger partial charge in [0.1, 0.15) is 17.7 Å². The first-order valence-electron chi connectivity index (χ1n) is 13.3. The highest BCUT2D eigenvalue weighted by molar-refractivity contribution is 6.30. The Morgan fingerprint density at radius 2 is 1.26 bits per heavy atom. The van der Waals surface area contributed by atoms with Gasteiger partial charge in [0.05, 0.1) is 6.61 Å². The normalized spacial score (nSPS) is 14.3. The summed E-state index contributed by atoms with van der Waals surface area (Å²) in [6, 6.07) is 20.4. The average molecular weight is 599 g/mol. The number of aliphatic carboxylic acids is 2. The minimum absolute atomic E-state index is 0.289. The fraction of sp³-hybridized carbons (Fsp3) is 0.250. The minimum atomic E-state index is -1.26. The molecule has 222 valence electrons. The van der Waals surface area contributed by atoms with Crippen LogP contribution in [0.1, 0.15) is 22.8 Å². The lowest BCUT2D eigenvalue weighted by atomic mass is 10.0. The van der Waals surface area contributed by atoms with Crippen molar-refractivity contribution in [3.8, 4) is 0 Å². The highest BCUT2D eigenvalue weighted by Crippen LogP contribution is 2.26. The van der Waals surface area contributed by atoms with E-state index in [0.717, 1.165) is 61.0 Å². The van der Waals surface area contributed by atoms with E-state index in [-0.39, 0.29) is 17.7 Å². The van der Waals surface area contributed by atoms with Gasteiger partial charge in [-0.1, -0.05) is 60.2 Å². The van der Waals surface area contributed by atoms with Gasteiger partial charge in [-0.05, 0) is 53.1 Å². The molecule has 10 heteroatoms. The molecule has 0 atom stereocenters. The van der Waals surface area contributed by atoms with E-state index in [2.05, 4.69) is 22.0 Å². The van der Waals surface area contributed by atoms with Crippen LogP contribution < -0.4 is 0 Å². The van der Waals surface area contributed by atoms with Crippen LogP contribution >= 0.6 is 11.6 Å². The number of carbonyl (C=O) groups is 2. The monoisotopic (exact) mass is 598 g/mol. The Morgan fingerprint density at radius 1 is 0.786 bits per heavy atom. The molecule has 1 aliphatic rings. The largest absolute Gasteiger partial charge is 0.478 e. The second-order valence-corrected chi connectivity index (χ2v) is 9.90. The molecule has 0 aromatic heterocycles. The van der Waals surface area contributed by atoms with Crippen LogP contribution in [0.25, 0.3) is 6.08 Å². The Bertz CT molecular complexity index is 1260. The second kappa shape index (κ2) is 17.2. The van der Waals surface area contributed by atoms with Gasteiger partial charge in [-0.25, -0.2) is 18.4 Å². The van der Waals surface area contributed by atoms with Crippen molar-refractivity contribution in [1.29, 1.82) is 0 Å². The van der Waals surface area contributed by atoms with Gasteiger partial charge >= 0.3 is 11.9 Å². The summed E-state index contributed by atoms with van der Waals surface area (Å²) in [5.41, 5.74) is 2.85. The second-order valence-electron chi connectivity index (χ2n) is 9.46. The van der Waals surface area contributed by atoms with Gasteiger partial charge in [0.25, 0.3) is 0 Å². The first-order valence-corrected chi connectivity index (χ1v) is 13.7. The molecule has 0 spiro atoms. The summed E-state index contributed by atoms with van der Waals surface area (Å²) in [5.74, 6) is -3.09. The highest BCUT2D eigenvalue weighted by atomic mass is 35.5. The number of hydrogen-bond donors (Lipinski definition) is 2. The number of halogens is 3. The average Bonchev–Trinajstić information content (AvgIpc) is 2.98. The van der Waals surface area contributed by atoms with E-state index < -0.39 is 11.9 Å². The molecule has 0 radical (unpaired) electrons. The Kier molecular flexibility index (Phi) is 13.3. The Morgan fingerprint density at radius 3 is 1.74 bits per heavy atom. The number of piperazine rings is 1. The zero-order valence-corrected chi connectivity index (χ0v) is 23.7. The van der Waals surface area contributed by atoms with Gasteiger partial charge in [0.15, 0.2) is 0 Å². The molecule has 2 N–H and O–H groups in total. The maximum absolute atomic E-state index is 13.4. The van der Waals surface area contributed by atoms with Crippen molar-refractivity contribution in [2.75, 3.05) is 45.9 Å². The predicted octanol–water partition coefficient (Wildman–Crippen LogP) is 5.77. The van der Waals surface area contributed by atoms with E-state index in [1.165, 1.54) is 24.3 Å². The molecule has 0 aliphatic carbocycles. The summed E-state index contributed by atoms with van der Waals surface area (Å²) in [5, 5.41) is 16.4. The molecule has 3 aromatic rings. The quantitative estimate of drug-likeness (QED) is 0.271. The SMILES string of the molecule is Fc1ccc(C(OCCN2CCN(CC=Cc3ccc(Cl)cc3)CC2)c2ccc(F)cc2)cc1.O=C(O)C=CC(=O)O. The van der Waals surface area contributed by atoms with Crippen LogP contribution in [0.15, 0.2) is 91.0 Å². The van der Waals surface area contributed by atoms with Crippen molar-refractivity contribution in [3.05, 3.63) is 124 Å². The van der Waals surface area contributed by atoms with Crippen molar-refractivity contribution in [2.45, 2.75) is 6.10 Å². The van der Waals surface area contributed by atoms with Crippen LogP contribution in [0.5, 0.6) is 0 Å². The van der Waals surface area contributed by atoms with Crippen LogP contribution in [0, 0.1) is 11.6 Å². The van der Waals surface area contributed by atoms with Gasteiger partial charge in [0, 0.05) is 56.4 Å². The molecule has 1 fully saturated rings. The summed E-state index contributed by atoms with van der Waals surface area (Å²) >= 11 is 5.93. The van der Waals surface area contributed by atoms with Gasteiger partial charge in [-0.15, -0.1) is 0 Å². The summed E-state index contributed by atoms with van der Waals surface area (Å²) in [6.07, 6.45) is 5.07. The van der Waals surface area contributed by atoms with Crippen molar-refractivity contribution in [1.82, 2.24) is 9.80 Å². The molecule has 1 heterocycles. The molecule has 4 rings (SSSR count). The molecule has 7 nitrogen and oxygen atoms in total. The number of rotatable bonds is 11. The highest BCUT2D eigenvalue weighted by Gasteiger charge is 2.18. The van der Waals surface area contributed by atoms with Crippen LogP contribution in [-0.4, -0.2) is 77.8 Å². The third-order valence-electron chi connectivity index (χ3n) is 6.41. The lowest BCUT2D eigenvalue weighted by Gasteiger charge is -2.34. The Labute approximate surface area is 248 Å². The molecule has 0 saturated carbocycles. The number of carboxylic acid groups (broad SMARTS) is 2. The van der Waals surface area contributed by atoms with Crippen LogP contribution in [0.2, 0.25) is 5.02 Å². The standard InChI is InChI=1S/C28H29ClF2N2O.C4H4O4/c29-25-9-3-22(4-10-25)2-1-15-32-16-18-33(19-17-32)20-21-34-28(23-5-11-26(30)12-6-23)24-7-13-27(31)14-8-24;5-3(6)1-2-4(7)8/h1-14,28H,15-21H2;1-2H,(H,5,6)(H,7,8). The zero-order chi connectivity index (χ0) is 30.3. The van der Waals surface area contributed by atoms with Crippen LogP contribution in [0.4, 0.5) is 8.78 Å². The number of nitrogens with zero attached hydrogens (tertiary/aromatic N) is 2. The fourth-order valence-corrected chi connectivity index (χ4v) is 4.34. The summed E-state index contributed by atoms with van der Waals surface area (Å²) in [4.78, 5) is 23.9. The molecule has 1 aliphatic heterocycles. The Hall–Kier alpha value is -3.89. The van der Waals surface area contributed by atoms with E-state index in [9.17, 15) is 18.4 Å². The van der Waals surface area contributed by atoms with E-state index in [4.69, 9.17) is 26.6 Å². The van der Waals surface area contributed by atoms with E-state index in [0.29, 0.717) is 18.8 Å². The fourth-order valence-electron chi connectivity index (χ4n) is 4.21. The topological polar surface area (TPSA) is 90.3 Å². The molecule has 3 aromatic carbocycles. The molecular formula is C32H33ClF2N2O5. The lowest BCUT2D eigenvalue weighted by molar-refractivity contribution is -0.134. The van der Waals surface area contributed by atoms with E-state index in [1.807, 2.05) is 24.3 Å². The number of benzene rings is 3. The number of ether oxygens (including phenoxy) is 1. The van der Waals surface area contributed by atoms with Crippen molar-refractivity contribution < 1.29 is 33.3 Å². The van der Waals surface area contributed by atoms with Gasteiger partial charge < -0.3 is 14.9 Å². The number of hydrogen-bond acceptors (Lipinski definition) is 5. The van der Waals surface area contributed by atoms with Crippen LogP contribution in [-0.2, 0) is 14.3 Å². The summed E-state index contributed by atoms with van der Waals surface area (Å²) < 4.78 is 33.0. The third kappa shape index (κ3) is 11.9. The molecule has 1 saturated heterocycles. The maximum atomic E-state index is 13.4. The lowest BCUT2D eigenvalue weighted by Crippen LogP contribution is -2.47. The first kappa shape index (κ1) is 32.6. The van der Waals surface area contributed by atoms with Crippen molar-refractivity contribution in [2.24, 2.45) is 0 Å². The minimum Gasteiger partial charge on any atom is -0.478 e. The van der Waals surface area contributed by atoms with Crippen molar-refractivity contribution in [3.63, 3.8) is 0 Å². The van der Waals surface area contributed by atoms with Gasteiger partial charge in [0.2, 0.25) is 0 Å². The summed E-state index contributed by atoms with van der Waals surface area (Å²) in [7, 11) is 0. The molecule has 0 bridgehead atoms. The zero-order valence-electron chi connectivity index (χ0n) is 22.9. The predicted molar refractivity (Wildman–Crippen MR) is 158 cm³/mol. The molecule has 0 unspecified atom stereocenters. The van der Waals surface area contributed by atoms with Crippen LogP contribution in [0.3, 0.4) is 0 Å². The molecule has 0 amide bonds. The molecule has 42 heavy (non-hydrogen) atoms.